The van der Waals surface area contributed by atoms with E-state index in [0.29, 0.717) is 106 Å². The van der Waals surface area contributed by atoms with Gasteiger partial charge >= 0.3 is 17.9 Å². The third-order valence-electron chi connectivity index (χ3n) is 17.8. The van der Waals surface area contributed by atoms with E-state index in [9.17, 15) is 19.5 Å². The molecule has 0 radical (unpaired) electrons. The molecule has 3 aromatic carbocycles. The minimum Gasteiger partial charge on any atom is -0.496 e. The molecule has 10 rings (SSSR count). The summed E-state index contributed by atoms with van der Waals surface area (Å²) in [6, 6.07) is 16.2. The van der Waals surface area contributed by atoms with E-state index in [0.717, 1.165) is 33.4 Å². The first kappa shape index (κ1) is 50.4. The molecule has 1 amide bonds. The molecule has 1 aromatic heterocycles. The lowest BCUT2D eigenvalue weighted by atomic mass is 9.47. The number of likely N-dealkylation sites (N-methyl/N-ethyl adjacent to an activating group) is 1. The summed E-state index contributed by atoms with van der Waals surface area (Å²) in [4.78, 5) is 68.7. The Hall–Kier alpha value is -6.10. The number of hydrogen-bond donors (Lipinski definition) is 3. The van der Waals surface area contributed by atoms with Crippen molar-refractivity contribution < 1.29 is 52.7 Å². The molecule has 5 aliphatic heterocycles. The molecule has 1 spiro atoms. The number of carbonyl (C=O) groups excluding carboxylic acids is 4. The number of hydrogen-bond acceptors (Lipinski definition) is 14. The van der Waals surface area contributed by atoms with Crippen LogP contribution in [-0.4, -0.2) is 147 Å². The lowest BCUT2D eigenvalue weighted by Gasteiger charge is -2.63. The number of methoxy groups -OCH3 is 3. The predicted molar refractivity (Wildman–Crippen MR) is 274 cm³/mol. The molecule has 1 aliphatic carbocycles. The fourth-order valence-corrected chi connectivity index (χ4v) is 15.2. The zero-order valence-corrected chi connectivity index (χ0v) is 43.7. The van der Waals surface area contributed by atoms with Crippen LogP contribution in [-0.2, 0) is 45.8 Å². The molecule has 10 atom stereocenters. The Balaban J connectivity index is 1.18. The highest BCUT2D eigenvalue weighted by molar-refractivity contribution is 5.96. The van der Waals surface area contributed by atoms with Gasteiger partial charge in [0.1, 0.15) is 11.2 Å². The van der Waals surface area contributed by atoms with Gasteiger partial charge in [-0.25, -0.2) is 4.79 Å². The third-order valence-corrected chi connectivity index (χ3v) is 17.8. The van der Waals surface area contributed by atoms with E-state index in [2.05, 4.69) is 45.2 Å². The van der Waals surface area contributed by atoms with Gasteiger partial charge in [-0.1, -0.05) is 44.2 Å². The van der Waals surface area contributed by atoms with Crippen LogP contribution in [0, 0.1) is 11.3 Å². The van der Waals surface area contributed by atoms with Crippen LogP contribution in [0.25, 0.3) is 10.9 Å². The lowest BCUT2D eigenvalue weighted by Crippen LogP contribution is -2.81. The second-order valence-electron chi connectivity index (χ2n) is 21.2. The molecule has 16 nitrogen and oxygen atoms in total. The number of aromatic nitrogens is 1. The predicted octanol–water partition coefficient (Wildman–Crippen LogP) is 6.23. The molecular weight excluding hydrogens is 931 g/mol. The van der Waals surface area contributed by atoms with E-state index in [4.69, 9.17) is 28.4 Å². The maximum absolute atomic E-state index is 15.8. The van der Waals surface area contributed by atoms with Gasteiger partial charge < -0.3 is 53.6 Å². The number of fused-ring (bicyclic) bond motifs is 6. The van der Waals surface area contributed by atoms with Crippen LogP contribution in [0.5, 0.6) is 17.2 Å². The van der Waals surface area contributed by atoms with Crippen molar-refractivity contribution >= 4 is 40.4 Å². The number of esters is 3. The Morgan fingerprint density at radius 2 is 1.60 bits per heavy atom. The summed E-state index contributed by atoms with van der Waals surface area (Å²) in [5.74, 6) is -0.867. The van der Waals surface area contributed by atoms with E-state index in [1.54, 1.807) is 25.3 Å². The highest BCUT2D eigenvalue weighted by Crippen LogP contribution is 2.68. The number of para-hydroxylation sites is 1. The summed E-state index contributed by atoms with van der Waals surface area (Å²) in [6.07, 6.45) is 5.83. The number of piperidine rings is 1. The highest BCUT2D eigenvalue weighted by atomic mass is 16.6. The number of rotatable bonds is 13. The monoisotopic (exact) mass is 1000 g/mol. The van der Waals surface area contributed by atoms with Crippen LogP contribution in [0.4, 0.5) is 5.69 Å². The van der Waals surface area contributed by atoms with Crippen LogP contribution >= 0.6 is 0 Å². The van der Waals surface area contributed by atoms with Crippen molar-refractivity contribution in [3.63, 3.8) is 0 Å². The topological polar surface area (TPSA) is 181 Å². The second-order valence-corrected chi connectivity index (χ2v) is 21.2. The van der Waals surface area contributed by atoms with Gasteiger partial charge in [0.25, 0.3) is 5.91 Å². The van der Waals surface area contributed by atoms with Crippen molar-refractivity contribution in [2.24, 2.45) is 11.3 Å². The third kappa shape index (κ3) is 7.31. The van der Waals surface area contributed by atoms with E-state index < -0.39 is 57.4 Å². The number of nitrogens with zero attached hydrogens (tertiary/aromatic N) is 3. The molecule has 3 N–H and O–H groups in total. The first-order valence-electron chi connectivity index (χ1n) is 26.1. The minimum absolute atomic E-state index is 0.168. The maximum atomic E-state index is 15.8. The van der Waals surface area contributed by atoms with Crippen LogP contribution in [0.2, 0.25) is 0 Å². The number of aliphatic hydroxyl groups is 1. The molecule has 16 heteroatoms. The lowest BCUT2D eigenvalue weighted by molar-refractivity contribution is -0.228. The van der Waals surface area contributed by atoms with Crippen LogP contribution in [0.15, 0.2) is 66.7 Å². The first-order chi connectivity index (χ1) is 35.1. The Kier molecular flexibility index (Phi) is 12.9. The quantitative estimate of drug-likeness (QED) is 0.0780. The molecule has 6 heterocycles. The number of benzene rings is 3. The van der Waals surface area contributed by atoms with Gasteiger partial charge in [-0.3, -0.25) is 19.3 Å². The Morgan fingerprint density at radius 3 is 2.30 bits per heavy atom. The van der Waals surface area contributed by atoms with Gasteiger partial charge in [-0.05, 0) is 106 Å². The molecule has 1 saturated carbocycles. The van der Waals surface area contributed by atoms with Crippen LogP contribution in [0.1, 0.15) is 99.5 Å². The van der Waals surface area contributed by atoms with Gasteiger partial charge in [-0.2, -0.15) is 0 Å². The van der Waals surface area contributed by atoms with Crippen LogP contribution in [0.3, 0.4) is 0 Å². The number of nitrogens with one attached hydrogen (secondary N) is 2. The molecule has 1 unspecified atom stereocenters. The number of amides is 1. The smallest absolute Gasteiger partial charge is 0.344 e. The number of carbonyl (C=O) groups is 4. The average Bonchev–Trinajstić information content (AvgIpc) is 4.06. The van der Waals surface area contributed by atoms with Gasteiger partial charge in [0, 0.05) is 96.5 Å². The standard InChI is InChI=1S/C57H71N5O11/c1-10-53(59-47(64)36-19-20-43(71-12-3)45(27-36)72-13-4)30-35-31-56(51(65)69-8,46-38(21-25-61(32-35)33-53)37-17-14-15-18-41(37)58-46)40-28-39-42(29-44(40)68-7)60(6)49-55(39)23-26-62-24-16-22-54(11-2,48(55)62)50(73-34(5)63)57(49,67)52(66)70-9/h14-20,22,27-29,35,48-50,58,67H,10-13,21,23-26,30-33H2,1-9H3,(H,59,64)/t35-,48+,49-,50-,53+,54-,55-,56+,57+/m1/s1. The first-order valence-corrected chi connectivity index (χ1v) is 26.1. The van der Waals surface area contributed by atoms with Crippen molar-refractivity contribution in [1.29, 1.82) is 0 Å². The largest absolute Gasteiger partial charge is 0.496 e. The molecule has 2 saturated heterocycles. The number of anilines is 1. The molecule has 6 aliphatic rings. The van der Waals surface area contributed by atoms with E-state index in [1.165, 1.54) is 21.1 Å². The zero-order valence-electron chi connectivity index (χ0n) is 43.7. The maximum Gasteiger partial charge on any atom is 0.344 e. The Labute approximate surface area is 427 Å². The summed E-state index contributed by atoms with van der Waals surface area (Å²) >= 11 is 0. The molecular formula is C57H71N5O11. The zero-order chi connectivity index (χ0) is 51.8. The highest BCUT2D eigenvalue weighted by Gasteiger charge is 2.80. The van der Waals surface area contributed by atoms with Crippen molar-refractivity contribution in [2.45, 2.75) is 113 Å². The molecule has 3 fully saturated rings. The van der Waals surface area contributed by atoms with Crippen molar-refractivity contribution in [3.8, 4) is 17.2 Å². The van der Waals surface area contributed by atoms with Crippen molar-refractivity contribution in [2.75, 3.05) is 79.2 Å². The van der Waals surface area contributed by atoms with Gasteiger partial charge in [0.15, 0.2) is 17.6 Å². The molecule has 73 heavy (non-hydrogen) atoms. The van der Waals surface area contributed by atoms with Gasteiger partial charge in [-0.15, -0.1) is 0 Å². The summed E-state index contributed by atoms with van der Waals surface area (Å²) in [5.41, 5.74) is -1.32. The minimum atomic E-state index is -2.34. The fraction of sp³-hybridized carbons (Fsp3) is 0.544. The Morgan fingerprint density at radius 1 is 0.849 bits per heavy atom. The Bertz CT molecular complexity index is 2880. The normalized spacial score (nSPS) is 31.9. The fourth-order valence-electron chi connectivity index (χ4n) is 15.2. The van der Waals surface area contributed by atoms with E-state index >= 15 is 4.79 Å². The van der Waals surface area contributed by atoms with Crippen molar-refractivity contribution in [1.82, 2.24) is 20.1 Å². The van der Waals surface area contributed by atoms with Crippen LogP contribution < -0.4 is 24.4 Å². The number of aromatic amines is 1. The van der Waals surface area contributed by atoms with E-state index in [-0.39, 0.29) is 24.3 Å². The molecule has 4 aromatic rings. The van der Waals surface area contributed by atoms with Gasteiger partial charge in [0.05, 0.1) is 46.1 Å². The average molecular weight is 1000 g/mol. The number of H-pyrrole nitrogens is 1. The number of ether oxygens (including phenoxy) is 6. The second kappa shape index (κ2) is 18.7. The van der Waals surface area contributed by atoms with Gasteiger partial charge in [0.2, 0.25) is 5.60 Å². The summed E-state index contributed by atoms with van der Waals surface area (Å²) in [6.45, 7) is 13.3. The summed E-state index contributed by atoms with van der Waals surface area (Å²) < 4.78 is 36.1. The van der Waals surface area contributed by atoms with Crippen molar-refractivity contribution in [3.05, 3.63) is 94.7 Å². The summed E-state index contributed by atoms with van der Waals surface area (Å²) in [7, 11) is 6.15. The SMILES string of the molecule is CCOc1ccc(C(=O)N[C@@]2(CC)C[C@H]3CN(CCc4c([nH]c5ccccc45)[C@@](C(=O)OC)(c4cc5c(cc4OC)N(C)[C@H]4[C@@](O)(C(=O)OC)[C@H](OC(C)=O)[C@]6(CC)C=CCN7CC[C@]54[C@@H]76)C3)C2)cc1OCC. The summed E-state index contributed by atoms with van der Waals surface area (Å²) in [5, 5.41) is 18.0. The van der Waals surface area contributed by atoms with E-state index in [1.807, 2.05) is 63.1 Å². The molecule has 2 bridgehead atoms. The molecule has 390 valence electrons.